The number of ether oxygens (including phenoxy) is 2. The molecule has 33 heavy (non-hydrogen) atoms. The number of hydrogen-bond donors (Lipinski definition) is 3. The van der Waals surface area contributed by atoms with Gasteiger partial charge in [-0.1, -0.05) is 6.07 Å². The molecule has 11 heteroatoms. The molecule has 0 saturated carbocycles. The highest BCUT2D eigenvalue weighted by atomic mass is 32.2. The van der Waals surface area contributed by atoms with Gasteiger partial charge in [0.05, 0.1) is 30.8 Å². The second kappa shape index (κ2) is 10.3. The number of benzene rings is 1. The molecule has 2 fully saturated rings. The third kappa shape index (κ3) is 5.29. The molecule has 2 aliphatic rings. The molecule has 2 saturated heterocycles. The van der Waals surface area contributed by atoms with E-state index < -0.39 is 34.4 Å². The van der Waals surface area contributed by atoms with Crippen LogP contribution in [0.5, 0.6) is 5.75 Å². The molecule has 4 rings (SSSR count). The summed E-state index contributed by atoms with van der Waals surface area (Å²) in [7, 11) is -2.27. The van der Waals surface area contributed by atoms with Crippen LogP contribution in [0.2, 0.25) is 0 Å². The molecule has 2 aliphatic heterocycles. The van der Waals surface area contributed by atoms with Crippen LogP contribution in [0.4, 0.5) is 5.82 Å². The van der Waals surface area contributed by atoms with Crippen molar-refractivity contribution in [2.45, 2.75) is 29.2 Å². The number of nitrogens with one attached hydrogen (secondary N) is 1. The fourth-order valence-electron chi connectivity index (χ4n) is 4.42. The molecule has 10 nitrogen and oxygen atoms in total. The lowest BCUT2D eigenvalue weighted by Crippen LogP contribution is -2.57. The molecule has 0 unspecified atom stereocenters. The predicted octanol–water partition coefficient (Wildman–Crippen LogP) is -0.320. The number of aliphatic hydroxyl groups is 2. The Kier molecular flexibility index (Phi) is 7.47. The van der Waals surface area contributed by atoms with E-state index in [1.165, 1.54) is 19.2 Å². The Labute approximate surface area is 193 Å². The highest BCUT2D eigenvalue weighted by Crippen LogP contribution is 2.28. The summed E-state index contributed by atoms with van der Waals surface area (Å²) in [6.07, 6.45) is -0.537. The molecule has 180 valence electrons. The largest absolute Gasteiger partial charge is 0.497 e. The lowest BCUT2D eigenvalue weighted by Gasteiger charge is -2.40. The smallest absolute Gasteiger partial charge is 0.240 e. The zero-order chi connectivity index (χ0) is 23.4. The van der Waals surface area contributed by atoms with Gasteiger partial charge in [0.1, 0.15) is 23.8 Å². The zero-order valence-corrected chi connectivity index (χ0v) is 19.3. The Morgan fingerprint density at radius 1 is 1.12 bits per heavy atom. The van der Waals surface area contributed by atoms with E-state index >= 15 is 0 Å². The van der Waals surface area contributed by atoms with Gasteiger partial charge in [-0.25, -0.2) is 18.1 Å². The summed E-state index contributed by atoms with van der Waals surface area (Å²) in [5.74, 6) is 1.46. The SMILES string of the molecule is COc1ccc(S(=O)(=O)NC[C@H]2O[C@@H](CO)[C@@H](O)[C@H]2N2CCN(c3ccccn3)CC2)cc1. The van der Waals surface area contributed by atoms with Crippen molar-refractivity contribution in [3.63, 3.8) is 0 Å². The quantitative estimate of drug-likeness (QED) is 0.468. The molecule has 3 N–H and O–H groups in total. The van der Waals surface area contributed by atoms with E-state index in [1.807, 2.05) is 18.2 Å². The molecule has 0 bridgehead atoms. The van der Waals surface area contributed by atoms with Gasteiger partial charge in [0.2, 0.25) is 10.0 Å². The van der Waals surface area contributed by atoms with Crippen LogP contribution in [-0.2, 0) is 14.8 Å². The van der Waals surface area contributed by atoms with Gasteiger partial charge >= 0.3 is 0 Å². The van der Waals surface area contributed by atoms with E-state index in [1.54, 1.807) is 18.3 Å². The van der Waals surface area contributed by atoms with Gasteiger partial charge in [-0.05, 0) is 36.4 Å². The topological polar surface area (TPSA) is 124 Å². The van der Waals surface area contributed by atoms with Crippen molar-refractivity contribution < 1.29 is 28.1 Å². The first-order valence-corrected chi connectivity index (χ1v) is 12.4. The van der Waals surface area contributed by atoms with E-state index in [4.69, 9.17) is 9.47 Å². The summed E-state index contributed by atoms with van der Waals surface area (Å²) in [5, 5.41) is 20.5. The van der Waals surface area contributed by atoms with Crippen LogP contribution in [-0.4, -0.2) is 99.3 Å². The number of piperazine rings is 1. The number of pyridine rings is 1. The van der Waals surface area contributed by atoms with E-state index in [2.05, 4.69) is 19.5 Å². The monoisotopic (exact) mass is 478 g/mol. The molecule has 0 amide bonds. The molecule has 0 spiro atoms. The van der Waals surface area contributed by atoms with Crippen LogP contribution >= 0.6 is 0 Å². The number of aromatic nitrogens is 1. The molecule has 1 aromatic carbocycles. The van der Waals surface area contributed by atoms with Crippen molar-refractivity contribution in [1.82, 2.24) is 14.6 Å². The van der Waals surface area contributed by atoms with Crippen molar-refractivity contribution >= 4 is 15.8 Å². The van der Waals surface area contributed by atoms with Crippen molar-refractivity contribution in [3.05, 3.63) is 48.7 Å². The van der Waals surface area contributed by atoms with Gasteiger partial charge in [0.25, 0.3) is 0 Å². The third-order valence-electron chi connectivity index (χ3n) is 6.19. The van der Waals surface area contributed by atoms with E-state index in [0.717, 1.165) is 5.82 Å². The minimum Gasteiger partial charge on any atom is -0.497 e. The Bertz CT molecular complexity index is 999. The molecule has 3 heterocycles. The fraction of sp³-hybridized carbons (Fsp3) is 0.500. The molecule has 0 radical (unpaired) electrons. The second-order valence-corrected chi connectivity index (χ2v) is 9.88. The zero-order valence-electron chi connectivity index (χ0n) is 18.4. The maximum atomic E-state index is 12.8. The molecular weight excluding hydrogens is 448 g/mol. The standard InChI is InChI=1S/C22H30N4O6S/c1-31-16-5-7-17(8-6-16)33(29,30)24-14-18-21(22(28)19(15-27)32-18)26-12-10-25(11-13-26)20-4-2-3-9-23-20/h2-9,18-19,21-22,24,27-28H,10-15H2,1H3/t18-,19+,21+,22-/m1/s1. The summed E-state index contributed by atoms with van der Waals surface area (Å²) >= 11 is 0. The minimum atomic E-state index is -3.78. The van der Waals surface area contributed by atoms with Gasteiger partial charge in [-0.3, -0.25) is 4.90 Å². The Morgan fingerprint density at radius 2 is 1.85 bits per heavy atom. The van der Waals surface area contributed by atoms with Gasteiger partial charge in [-0.2, -0.15) is 0 Å². The average molecular weight is 479 g/mol. The number of sulfonamides is 1. The summed E-state index contributed by atoms with van der Waals surface area (Å²) in [4.78, 5) is 8.78. The second-order valence-electron chi connectivity index (χ2n) is 8.12. The van der Waals surface area contributed by atoms with E-state index in [-0.39, 0.29) is 18.0 Å². The Hall–Kier alpha value is -2.28. The fourth-order valence-corrected chi connectivity index (χ4v) is 5.46. The van der Waals surface area contributed by atoms with Crippen molar-refractivity contribution in [3.8, 4) is 5.75 Å². The highest BCUT2D eigenvalue weighted by molar-refractivity contribution is 7.89. The molecule has 2 aromatic rings. The molecule has 0 aliphatic carbocycles. The lowest BCUT2D eigenvalue weighted by atomic mass is 10.0. The summed E-state index contributed by atoms with van der Waals surface area (Å²) in [5.41, 5.74) is 0. The Morgan fingerprint density at radius 3 is 2.45 bits per heavy atom. The summed E-state index contributed by atoms with van der Waals surface area (Å²) in [6, 6.07) is 11.4. The first-order chi connectivity index (χ1) is 15.9. The maximum absolute atomic E-state index is 12.8. The summed E-state index contributed by atoms with van der Waals surface area (Å²) in [6.45, 7) is 2.38. The first-order valence-electron chi connectivity index (χ1n) is 10.9. The van der Waals surface area contributed by atoms with Crippen molar-refractivity contribution in [1.29, 1.82) is 0 Å². The van der Waals surface area contributed by atoms with Gasteiger partial charge in [0.15, 0.2) is 0 Å². The number of hydrogen-bond acceptors (Lipinski definition) is 9. The highest BCUT2D eigenvalue weighted by Gasteiger charge is 2.47. The Balaban J connectivity index is 1.42. The minimum absolute atomic E-state index is 0.0208. The van der Waals surface area contributed by atoms with Crippen LogP contribution in [0, 0.1) is 0 Å². The van der Waals surface area contributed by atoms with Crippen LogP contribution in [0.3, 0.4) is 0 Å². The normalized spacial score (nSPS) is 26.5. The van der Waals surface area contributed by atoms with Gasteiger partial charge in [0, 0.05) is 38.9 Å². The van der Waals surface area contributed by atoms with Crippen molar-refractivity contribution in [2.75, 3.05) is 51.3 Å². The van der Waals surface area contributed by atoms with Gasteiger partial charge in [-0.15, -0.1) is 0 Å². The van der Waals surface area contributed by atoms with Crippen LogP contribution in [0.1, 0.15) is 0 Å². The molecule has 4 atom stereocenters. The summed E-state index contributed by atoms with van der Waals surface area (Å²) < 4.78 is 39.0. The van der Waals surface area contributed by atoms with E-state index in [0.29, 0.717) is 31.9 Å². The number of anilines is 1. The van der Waals surface area contributed by atoms with Crippen molar-refractivity contribution in [2.24, 2.45) is 0 Å². The van der Waals surface area contributed by atoms with E-state index in [9.17, 15) is 18.6 Å². The van der Waals surface area contributed by atoms with Crippen LogP contribution in [0.25, 0.3) is 0 Å². The van der Waals surface area contributed by atoms with Crippen LogP contribution in [0.15, 0.2) is 53.6 Å². The number of methoxy groups -OCH3 is 1. The average Bonchev–Trinajstić information content (AvgIpc) is 3.18. The first kappa shape index (κ1) is 23.9. The van der Waals surface area contributed by atoms with Gasteiger partial charge < -0.3 is 24.6 Å². The number of aliphatic hydroxyl groups excluding tert-OH is 2. The molecular formula is C22H30N4O6S. The predicted molar refractivity (Wildman–Crippen MR) is 122 cm³/mol. The lowest BCUT2D eigenvalue weighted by molar-refractivity contribution is -0.0201. The maximum Gasteiger partial charge on any atom is 0.240 e. The number of rotatable bonds is 8. The number of nitrogens with zero attached hydrogens (tertiary/aromatic N) is 3. The van der Waals surface area contributed by atoms with Crippen LogP contribution < -0.4 is 14.4 Å². The molecule has 1 aromatic heterocycles. The third-order valence-corrected chi connectivity index (χ3v) is 7.63.